The van der Waals surface area contributed by atoms with Gasteiger partial charge in [-0.25, -0.2) is 4.98 Å². The maximum absolute atomic E-state index is 12.5. The number of nitrogens with one attached hydrogen (secondary N) is 3. The summed E-state index contributed by atoms with van der Waals surface area (Å²) >= 11 is 0. The van der Waals surface area contributed by atoms with E-state index in [4.69, 9.17) is 0 Å². The van der Waals surface area contributed by atoms with E-state index in [2.05, 4.69) is 20.9 Å². The Hall–Kier alpha value is -4.27. The predicted molar refractivity (Wildman–Crippen MR) is 113 cm³/mol. The molecule has 0 aliphatic carbocycles. The van der Waals surface area contributed by atoms with Gasteiger partial charge in [0.25, 0.3) is 5.91 Å². The summed E-state index contributed by atoms with van der Waals surface area (Å²) in [4.78, 5) is 53.7. The molecule has 0 unspecified atom stereocenters. The summed E-state index contributed by atoms with van der Waals surface area (Å²) in [6.07, 6.45) is 2.99. The first-order valence-electron chi connectivity index (χ1n) is 9.55. The molecule has 2 aromatic carbocycles. The van der Waals surface area contributed by atoms with Gasteiger partial charge in [0, 0.05) is 30.7 Å². The Balaban J connectivity index is 1.40. The number of aryl methyl sites for hydroxylation is 1. The van der Waals surface area contributed by atoms with Gasteiger partial charge in [-0.3, -0.25) is 19.2 Å². The van der Waals surface area contributed by atoms with Crippen molar-refractivity contribution in [2.24, 2.45) is 7.05 Å². The second-order valence-corrected chi connectivity index (χ2v) is 7.08. The lowest BCUT2D eigenvalue weighted by Crippen LogP contribution is -2.43. The molecule has 0 bridgehead atoms. The van der Waals surface area contributed by atoms with E-state index in [1.165, 1.54) is 0 Å². The monoisotopic (exact) mass is 417 g/mol. The Morgan fingerprint density at radius 3 is 2.55 bits per heavy atom. The van der Waals surface area contributed by atoms with Crippen molar-refractivity contribution >= 4 is 34.9 Å². The Morgan fingerprint density at radius 2 is 1.84 bits per heavy atom. The third kappa shape index (κ3) is 4.20. The minimum atomic E-state index is -1.01. The minimum absolute atomic E-state index is 0.234. The van der Waals surface area contributed by atoms with Crippen LogP contribution in [0.25, 0.3) is 0 Å². The van der Waals surface area contributed by atoms with Gasteiger partial charge in [0.05, 0.1) is 17.7 Å². The Bertz CT molecular complexity index is 1180. The van der Waals surface area contributed by atoms with Crippen LogP contribution in [0.5, 0.6) is 0 Å². The van der Waals surface area contributed by atoms with Crippen LogP contribution in [-0.2, 0) is 16.6 Å². The molecule has 156 valence electrons. The van der Waals surface area contributed by atoms with E-state index in [1.807, 2.05) is 0 Å². The number of carbonyl (C=O) groups is 4. The molecule has 3 amide bonds. The fourth-order valence-electron chi connectivity index (χ4n) is 3.27. The van der Waals surface area contributed by atoms with Crippen LogP contribution in [0, 0.1) is 0 Å². The number of rotatable bonds is 5. The van der Waals surface area contributed by atoms with Crippen molar-refractivity contribution in [3.63, 3.8) is 0 Å². The standard InChI is InChI=1S/C22H19N5O4/c1-27-11-10-23-20(27)19(29)13-6-8-14(9-7-13)24-18(28)12-17-22(31)25-16-5-3-2-4-15(16)21(30)26-17/h2-11,17H,12H2,1H3,(H,24,28)(H,25,31)(H,26,30)/t17-/m1/s1. The van der Waals surface area contributed by atoms with Crippen molar-refractivity contribution in [3.8, 4) is 0 Å². The zero-order valence-corrected chi connectivity index (χ0v) is 16.6. The van der Waals surface area contributed by atoms with E-state index in [1.54, 1.807) is 72.5 Å². The molecule has 1 aliphatic rings. The molecular weight excluding hydrogens is 398 g/mol. The molecule has 0 saturated carbocycles. The van der Waals surface area contributed by atoms with Crippen LogP contribution >= 0.6 is 0 Å². The van der Waals surface area contributed by atoms with E-state index >= 15 is 0 Å². The highest BCUT2D eigenvalue weighted by atomic mass is 16.2. The van der Waals surface area contributed by atoms with Gasteiger partial charge in [-0.1, -0.05) is 12.1 Å². The number of ketones is 1. The number of nitrogens with zero attached hydrogens (tertiary/aromatic N) is 2. The van der Waals surface area contributed by atoms with E-state index in [-0.39, 0.29) is 12.2 Å². The van der Waals surface area contributed by atoms with E-state index in [0.29, 0.717) is 28.3 Å². The average molecular weight is 417 g/mol. The fourth-order valence-corrected chi connectivity index (χ4v) is 3.27. The Kier molecular flexibility index (Phi) is 5.31. The summed E-state index contributed by atoms with van der Waals surface area (Å²) < 4.78 is 1.63. The molecule has 0 spiro atoms. The molecule has 2 heterocycles. The quantitative estimate of drug-likeness (QED) is 0.546. The largest absolute Gasteiger partial charge is 0.340 e. The molecule has 31 heavy (non-hydrogen) atoms. The third-order valence-corrected chi connectivity index (χ3v) is 4.90. The van der Waals surface area contributed by atoms with Crippen molar-refractivity contribution in [1.82, 2.24) is 14.9 Å². The SMILES string of the molecule is Cn1ccnc1C(=O)c1ccc(NC(=O)C[C@H]2NC(=O)c3ccccc3NC2=O)cc1. The van der Waals surface area contributed by atoms with E-state index in [9.17, 15) is 19.2 Å². The first kappa shape index (κ1) is 20.0. The van der Waals surface area contributed by atoms with E-state index < -0.39 is 23.8 Å². The molecule has 4 rings (SSSR count). The summed E-state index contributed by atoms with van der Waals surface area (Å²) in [6.45, 7) is 0. The lowest BCUT2D eigenvalue weighted by atomic mass is 10.1. The van der Waals surface area contributed by atoms with Gasteiger partial charge >= 0.3 is 0 Å². The van der Waals surface area contributed by atoms with Gasteiger partial charge in [0.15, 0.2) is 5.82 Å². The molecule has 0 saturated heterocycles. The van der Waals surface area contributed by atoms with E-state index in [0.717, 1.165) is 0 Å². The van der Waals surface area contributed by atoms with Crippen molar-refractivity contribution in [2.75, 3.05) is 10.6 Å². The summed E-state index contributed by atoms with van der Waals surface area (Å²) in [6, 6.07) is 12.0. The topological polar surface area (TPSA) is 122 Å². The zero-order chi connectivity index (χ0) is 22.0. The van der Waals surface area contributed by atoms with Crippen LogP contribution in [0.3, 0.4) is 0 Å². The highest BCUT2D eigenvalue weighted by Crippen LogP contribution is 2.19. The van der Waals surface area contributed by atoms with Crippen LogP contribution in [0.15, 0.2) is 60.9 Å². The molecule has 3 N–H and O–H groups in total. The maximum Gasteiger partial charge on any atom is 0.254 e. The number of carbonyl (C=O) groups excluding carboxylic acids is 4. The van der Waals surface area contributed by atoms with Gasteiger partial charge in [-0.05, 0) is 36.4 Å². The number of hydrogen-bond acceptors (Lipinski definition) is 5. The molecule has 1 aromatic heterocycles. The van der Waals surface area contributed by atoms with Gasteiger partial charge in [0.2, 0.25) is 17.6 Å². The smallest absolute Gasteiger partial charge is 0.254 e. The normalized spacial score (nSPS) is 15.3. The van der Waals surface area contributed by atoms with Crippen molar-refractivity contribution < 1.29 is 19.2 Å². The minimum Gasteiger partial charge on any atom is -0.340 e. The van der Waals surface area contributed by atoms with Crippen LogP contribution < -0.4 is 16.0 Å². The Morgan fingerprint density at radius 1 is 1.10 bits per heavy atom. The van der Waals surface area contributed by atoms with Gasteiger partial charge < -0.3 is 20.5 Å². The molecule has 3 aromatic rings. The lowest BCUT2D eigenvalue weighted by molar-refractivity contribution is -0.122. The van der Waals surface area contributed by atoms with Gasteiger partial charge in [-0.2, -0.15) is 0 Å². The summed E-state index contributed by atoms with van der Waals surface area (Å²) in [5.74, 6) is -1.27. The second kappa shape index (κ2) is 8.23. The third-order valence-electron chi connectivity index (χ3n) is 4.90. The second-order valence-electron chi connectivity index (χ2n) is 7.08. The molecule has 0 fully saturated rings. The molecular formula is C22H19N5O4. The number of hydrogen-bond donors (Lipinski definition) is 3. The molecule has 0 radical (unpaired) electrons. The van der Waals surface area contributed by atoms with Crippen molar-refractivity contribution in [2.45, 2.75) is 12.5 Å². The van der Waals surface area contributed by atoms with Crippen molar-refractivity contribution in [1.29, 1.82) is 0 Å². The average Bonchev–Trinajstić information content (AvgIpc) is 3.14. The zero-order valence-electron chi connectivity index (χ0n) is 16.6. The van der Waals surface area contributed by atoms with Crippen LogP contribution in [-0.4, -0.2) is 39.1 Å². The fraction of sp³-hybridized carbons (Fsp3) is 0.136. The highest BCUT2D eigenvalue weighted by molar-refractivity contribution is 6.11. The van der Waals surface area contributed by atoms with Crippen LogP contribution in [0.2, 0.25) is 0 Å². The number of anilines is 2. The summed E-state index contributed by atoms with van der Waals surface area (Å²) in [7, 11) is 1.73. The number of para-hydroxylation sites is 1. The molecule has 9 heteroatoms. The number of fused-ring (bicyclic) bond motifs is 1. The van der Waals surface area contributed by atoms with Crippen LogP contribution in [0.1, 0.15) is 33.0 Å². The molecule has 1 aliphatic heterocycles. The van der Waals surface area contributed by atoms with Gasteiger partial charge in [-0.15, -0.1) is 0 Å². The maximum atomic E-state index is 12.5. The highest BCUT2D eigenvalue weighted by Gasteiger charge is 2.29. The molecule has 9 nitrogen and oxygen atoms in total. The number of imidazole rings is 1. The summed E-state index contributed by atoms with van der Waals surface area (Å²) in [5, 5.41) is 7.92. The van der Waals surface area contributed by atoms with Gasteiger partial charge in [0.1, 0.15) is 6.04 Å². The first-order chi connectivity index (χ1) is 14.9. The number of aromatic nitrogens is 2. The first-order valence-corrected chi connectivity index (χ1v) is 9.55. The number of benzene rings is 2. The lowest BCUT2D eigenvalue weighted by Gasteiger charge is -2.14. The van der Waals surface area contributed by atoms with Crippen molar-refractivity contribution in [3.05, 3.63) is 77.9 Å². The molecule has 1 atom stereocenters. The summed E-state index contributed by atoms with van der Waals surface area (Å²) in [5.41, 5.74) is 1.64. The predicted octanol–water partition coefficient (Wildman–Crippen LogP) is 1.73. The number of amides is 3. The Labute approximate surface area is 177 Å². The van der Waals surface area contributed by atoms with Crippen LogP contribution in [0.4, 0.5) is 11.4 Å².